The Balaban J connectivity index is -0.000000248. The van der Waals surface area contributed by atoms with Gasteiger partial charge in [-0.25, -0.2) is 0 Å². The molecule has 0 saturated heterocycles. The van der Waals surface area contributed by atoms with Gasteiger partial charge >= 0.3 is 0 Å². The second kappa shape index (κ2) is 21.0. The van der Waals surface area contributed by atoms with Crippen molar-refractivity contribution >= 4 is 17.1 Å². The molecule has 2 unspecified atom stereocenters. The van der Waals surface area contributed by atoms with E-state index in [1.54, 1.807) is 0 Å². The van der Waals surface area contributed by atoms with E-state index in [4.69, 9.17) is 7.85 Å². The van der Waals surface area contributed by atoms with Crippen LogP contribution in [-0.2, 0) is 6.42 Å². The van der Waals surface area contributed by atoms with Gasteiger partial charge in [0.15, 0.2) is 0 Å². The quantitative estimate of drug-likeness (QED) is 0.435. The normalized spacial score (nSPS) is 10.1. The monoisotopic (exact) mass is 294 g/mol. The van der Waals surface area contributed by atoms with Gasteiger partial charge in [0.2, 0.25) is 0 Å². The van der Waals surface area contributed by atoms with E-state index in [2.05, 4.69) is 47.4 Å². The number of benzene rings is 1. The zero-order valence-corrected chi connectivity index (χ0v) is 14.5. The van der Waals surface area contributed by atoms with Gasteiger partial charge in [-0.1, -0.05) is 97.0 Å². The van der Waals surface area contributed by atoms with Crippen LogP contribution in [0.1, 0.15) is 59.9 Å². The van der Waals surface area contributed by atoms with E-state index in [0.717, 1.165) is 18.4 Å². The van der Waals surface area contributed by atoms with Crippen LogP contribution in [0.2, 0.25) is 6.32 Å². The lowest BCUT2D eigenvalue weighted by atomic mass is 9.89. The number of unbranched alkanes of at least 4 members (excludes halogenated alkanes) is 1. The minimum Gasteiger partial charge on any atom is -0.137 e. The highest BCUT2D eigenvalue weighted by Crippen LogP contribution is 2.09. The average molecular weight is 294 g/mol. The van der Waals surface area contributed by atoms with E-state index in [1.807, 2.05) is 19.9 Å². The van der Waals surface area contributed by atoms with Crippen molar-refractivity contribution in [2.75, 3.05) is 6.16 Å². The molecule has 0 saturated carbocycles. The van der Waals surface area contributed by atoms with Crippen molar-refractivity contribution in [1.29, 1.82) is 0 Å². The first-order valence-electron chi connectivity index (χ1n) is 7.68. The van der Waals surface area contributed by atoms with Gasteiger partial charge in [0.05, 0.1) is 7.85 Å². The van der Waals surface area contributed by atoms with E-state index in [0.29, 0.717) is 0 Å². The summed E-state index contributed by atoms with van der Waals surface area (Å²) in [6.07, 6.45) is 7.10. The van der Waals surface area contributed by atoms with Gasteiger partial charge in [-0.05, 0) is 18.1 Å². The predicted octanol–water partition coefficient (Wildman–Crippen LogP) is 6.17. The standard InChI is InChI=1S/C8H11P.C7H15B.C2H6.CH4/c9-7-6-8-4-2-1-3-5-8;1-3-4-5-7(2)6-8;1-2;/h1-5H,6-7,9H2;7H,3-6H2,1-2H3;1-2H3;1H4. The third-order valence-corrected chi connectivity index (χ3v) is 3.02. The summed E-state index contributed by atoms with van der Waals surface area (Å²) >= 11 is 0. The van der Waals surface area contributed by atoms with Gasteiger partial charge in [0, 0.05) is 0 Å². The lowest BCUT2D eigenvalue weighted by Gasteiger charge is -2.04. The molecule has 2 atom stereocenters. The molecule has 0 nitrogen and oxygen atoms in total. The van der Waals surface area contributed by atoms with Crippen molar-refractivity contribution in [3.63, 3.8) is 0 Å². The molecule has 1 rings (SSSR count). The summed E-state index contributed by atoms with van der Waals surface area (Å²) in [4.78, 5) is 0. The lowest BCUT2D eigenvalue weighted by Crippen LogP contribution is -1.91. The van der Waals surface area contributed by atoms with Gasteiger partial charge in [-0.15, -0.1) is 9.24 Å². The summed E-state index contributed by atoms with van der Waals surface area (Å²) in [5, 5.41) is 0. The zero-order chi connectivity index (χ0) is 14.9. The molecule has 2 heteroatoms. The smallest absolute Gasteiger partial charge is 0.0656 e. The highest BCUT2D eigenvalue weighted by Gasteiger charge is 1.94. The first-order chi connectivity index (χ1) is 9.24. The van der Waals surface area contributed by atoms with Crippen molar-refractivity contribution in [3.8, 4) is 0 Å². The van der Waals surface area contributed by atoms with Crippen LogP contribution in [-0.4, -0.2) is 14.0 Å². The Morgan fingerprint density at radius 2 is 1.70 bits per heavy atom. The number of hydrogen-bond acceptors (Lipinski definition) is 0. The average Bonchev–Trinajstić information content (AvgIpc) is 2.49. The molecule has 1 aromatic carbocycles. The van der Waals surface area contributed by atoms with Crippen LogP contribution >= 0.6 is 9.24 Å². The third kappa shape index (κ3) is 17.7. The molecule has 0 aliphatic carbocycles. The van der Waals surface area contributed by atoms with Crippen LogP contribution in [0.3, 0.4) is 0 Å². The Kier molecular flexibility index (Phi) is 26.0. The summed E-state index contributed by atoms with van der Waals surface area (Å²) in [6, 6.07) is 10.5. The third-order valence-electron chi connectivity index (χ3n) is 2.73. The molecular weight excluding hydrogens is 258 g/mol. The second-order valence-electron chi connectivity index (χ2n) is 4.51. The van der Waals surface area contributed by atoms with Crippen LogP contribution in [0.25, 0.3) is 0 Å². The Labute approximate surface area is 132 Å². The predicted molar refractivity (Wildman–Crippen MR) is 102 cm³/mol. The van der Waals surface area contributed by atoms with Crippen molar-refractivity contribution in [3.05, 3.63) is 35.9 Å². The van der Waals surface area contributed by atoms with Gasteiger partial charge in [-0.2, -0.15) is 0 Å². The van der Waals surface area contributed by atoms with Crippen molar-refractivity contribution in [2.24, 2.45) is 5.92 Å². The molecule has 0 bridgehead atoms. The van der Waals surface area contributed by atoms with Crippen molar-refractivity contribution in [1.82, 2.24) is 0 Å². The molecule has 0 amide bonds. The van der Waals surface area contributed by atoms with Gasteiger partial charge < -0.3 is 0 Å². The molecule has 2 radical (unpaired) electrons. The first kappa shape index (κ1) is 24.7. The SMILES string of the molecule is C.CC.PCCc1ccccc1.[B]CC(C)CCCC. The maximum atomic E-state index is 5.41. The van der Waals surface area contributed by atoms with Crippen LogP contribution in [0.4, 0.5) is 0 Å². The van der Waals surface area contributed by atoms with Crippen LogP contribution in [0, 0.1) is 5.92 Å². The van der Waals surface area contributed by atoms with Crippen molar-refractivity contribution < 1.29 is 0 Å². The van der Waals surface area contributed by atoms with Gasteiger partial charge in [0.25, 0.3) is 0 Å². The fourth-order valence-electron chi connectivity index (χ4n) is 1.48. The van der Waals surface area contributed by atoms with E-state index >= 15 is 0 Å². The largest absolute Gasteiger partial charge is 0.137 e. The van der Waals surface area contributed by atoms with E-state index in [9.17, 15) is 0 Å². The van der Waals surface area contributed by atoms with Gasteiger partial charge in [-0.3, -0.25) is 0 Å². The summed E-state index contributed by atoms with van der Waals surface area (Å²) in [6.45, 7) is 8.42. The number of rotatable bonds is 6. The molecule has 0 fully saturated rings. The molecule has 0 aliphatic heterocycles. The number of aryl methyl sites for hydroxylation is 1. The minimum absolute atomic E-state index is 0. The number of hydrogen-bond donors (Lipinski definition) is 0. The Bertz CT molecular complexity index is 249. The summed E-state index contributed by atoms with van der Waals surface area (Å²) in [5.41, 5.74) is 1.42. The molecule has 20 heavy (non-hydrogen) atoms. The highest BCUT2D eigenvalue weighted by atomic mass is 31.0. The van der Waals surface area contributed by atoms with E-state index < -0.39 is 0 Å². The Hall–Kier alpha value is -0.285. The topological polar surface area (TPSA) is 0 Å². The van der Waals surface area contributed by atoms with E-state index in [1.165, 1.54) is 31.2 Å². The van der Waals surface area contributed by atoms with E-state index in [-0.39, 0.29) is 7.43 Å². The minimum atomic E-state index is 0. The van der Waals surface area contributed by atoms with Gasteiger partial charge in [0.1, 0.15) is 0 Å². The molecular formula is C18H36BP. The Morgan fingerprint density at radius 1 is 1.15 bits per heavy atom. The maximum Gasteiger partial charge on any atom is 0.0656 e. The zero-order valence-electron chi connectivity index (χ0n) is 13.4. The van der Waals surface area contributed by atoms with Crippen molar-refractivity contribution in [2.45, 2.75) is 67.1 Å². The van der Waals surface area contributed by atoms with Crippen LogP contribution < -0.4 is 0 Å². The molecule has 116 valence electrons. The molecule has 0 heterocycles. The molecule has 0 aromatic heterocycles. The molecule has 0 N–H and O–H groups in total. The highest BCUT2D eigenvalue weighted by molar-refractivity contribution is 7.16. The van der Waals surface area contributed by atoms with Crippen LogP contribution in [0.5, 0.6) is 0 Å². The fraction of sp³-hybridized carbons (Fsp3) is 0.667. The summed E-state index contributed by atoms with van der Waals surface area (Å²) in [5.74, 6) is 0.731. The second-order valence-corrected chi connectivity index (χ2v) is 5.08. The van der Waals surface area contributed by atoms with Crippen LogP contribution in [0.15, 0.2) is 30.3 Å². The fourth-order valence-corrected chi connectivity index (χ4v) is 1.82. The molecule has 0 aliphatic rings. The summed E-state index contributed by atoms with van der Waals surface area (Å²) in [7, 11) is 8.14. The first-order valence-corrected chi connectivity index (χ1v) is 8.50. The molecule has 1 aromatic rings. The summed E-state index contributed by atoms with van der Waals surface area (Å²) < 4.78 is 0. The maximum absolute atomic E-state index is 5.41. The molecule has 0 spiro atoms. The lowest BCUT2D eigenvalue weighted by molar-refractivity contribution is 0.549. The Morgan fingerprint density at radius 3 is 2.10 bits per heavy atom.